The Morgan fingerprint density at radius 3 is 2.60 bits per heavy atom. The lowest BCUT2D eigenvalue weighted by molar-refractivity contribution is -0.114. The maximum Gasteiger partial charge on any atom is 0.221 e. The molecule has 104 valence electrons. The number of carbonyl (C=O) groups is 1. The summed E-state index contributed by atoms with van der Waals surface area (Å²) in [6.45, 7) is 3.55. The Balaban J connectivity index is 1.98. The lowest BCUT2D eigenvalue weighted by Crippen LogP contribution is -2.05. The third kappa shape index (κ3) is 4.20. The zero-order valence-corrected chi connectivity index (χ0v) is 11.9. The number of hydrogen-bond acceptors (Lipinski definition) is 4. The van der Waals surface area contributed by atoms with Crippen LogP contribution in [0, 0.1) is 6.92 Å². The summed E-state index contributed by atoms with van der Waals surface area (Å²) >= 11 is 5.85. The molecular weight excluding hydrogens is 278 g/mol. The van der Waals surface area contributed by atoms with Gasteiger partial charge in [-0.3, -0.25) is 4.79 Å². The summed E-state index contributed by atoms with van der Waals surface area (Å²) < 4.78 is 5.57. The zero-order chi connectivity index (χ0) is 14.5. The van der Waals surface area contributed by atoms with Gasteiger partial charge in [0.15, 0.2) is 5.82 Å². The maximum absolute atomic E-state index is 10.9. The molecule has 0 fully saturated rings. The predicted molar refractivity (Wildman–Crippen MR) is 76.9 cm³/mol. The van der Waals surface area contributed by atoms with Crippen molar-refractivity contribution in [1.82, 2.24) is 9.97 Å². The van der Waals surface area contributed by atoms with Crippen LogP contribution in [-0.4, -0.2) is 15.9 Å². The van der Waals surface area contributed by atoms with Crippen LogP contribution in [0.25, 0.3) is 0 Å². The number of nitrogens with zero attached hydrogens (tertiary/aromatic N) is 2. The lowest BCUT2D eigenvalue weighted by Gasteiger charge is -2.07. The summed E-state index contributed by atoms with van der Waals surface area (Å²) in [7, 11) is 0. The van der Waals surface area contributed by atoms with Crippen molar-refractivity contribution in [2.24, 2.45) is 0 Å². The number of aromatic nitrogens is 2. The minimum atomic E-state index is -0.110. The van der Waals surface area contributed by atoms with E-state index in [1.165, 1.54) is 6.92 Å². The molecule has 0 aliphatic heterocycles. The van der Waals surface area contributed by atoms with E-state index in [-0.39, 0.29) is 12.5 Å². The SMILES string of the molecule is CC(=O)Nc1ccc(OCc2nc(C)cc(Cl)n2)cc1. The second-order valence-corrected chi connectivity index (χ2v) is 4.63. The van der Waals surface area contributed by atoms with Gasteiger partial charge in [-0.1, -0.05) is 11.6 Å². The monoisotopic (exact) mass is 291 g/mol. The highest BCUT2D eigenvalue weighted by Gasteiger charge is 2.02. The van der Waals surface area contributed by atoms with E-state index in [1.807, 2.05) is 6.92 Å². The normalized spacial score (nSPS) is 10.2. The molecule has 0 unspecified atom stereocenters. The van der Waals surface area contributed by atoms with Crippen molar-refractivity contribution in [1.29, 1.82) is 0 Å². The Morgan fingerprint density at radius 1 is 1.30 bits per heavy atom. The molecule has 0 aliphatic carbocycles. The lowest BCUT2D eigenvalue weighted by atomic mass is 10.3. The van der Waals surface area contributed by atoms with Crippen LogP contribution in [0.3, 0.4) is 0 Å². The fraction of sp³-hybridized carbons (Fsp3) is 0.214. The summed E-state index contributed by atoms with van der Waals surface area (Å²) in [5.74, 6) is 1.09. The third-order valence-corrected chi connectivity index (χ3v) is 2.61. The molecule has 6 heteroatoms. The Hall–Kier alpha value is -2.14. The molecule has 2 rings (SSSR count). The molecule has 0 saturated heterocycles. The first kappa shape index (κ1) is 14.3. The number of rotatable bonds is 4. The smallest absolute Gasteiger partial charge is 0.221 e. The summed E-state index contributed by atoms with van der Waals surface area (Å²) in [6.07, 6.45) is 0. The van der Waals surface area contributed by atoms with Crippen LogP contribution in [0.2, 0.25) is 5.15 Å². The molecule has 5 nitrogen and oxygen atoms in total. The highest BCUT2D eigenvalue weighted by Crippen LogP contribution is 2.17. The minimum absolute atomic E-state index is 0.110. The Bertz CT molecular complexity index is 594. The Labute approximate surface area is 122 Å². The molecule has 0 spiro atoms. The van der Waals surface area contributed by atoms with Crippen LogP contribution in [0.15, 0.2) is 30.3 Å². The molecule has 1 aromatic heterocycles. The van der Waals surface area contributed by atoms with E-state index in [9.17, 15) is 4.79 Å². The van der Waals surface area contributed by atoms with Gasteiger partial charge in [-0.25, -0.2) is 9.97 Å². The number of carbonyl (C=O) groups excluding carboxylic acids is 1. The topological polar surface area (TPSA) is 64.1 Å². The van der Waals surface area contributed by atoms with Gasteiger partial charge in [0, 0.05) is 18.3 Å². The highest BCUT2D eigenvalue weighted by molar-refractivity contribution is 6.29. The van der Waals surface area contributed by atoms with Gasteiger partial charge < -0.3 is 10.1 Å². The number of ether oxygens (including phenoxy) is 1. The molecule has 0 bridgehead atoms. The molecule has 20 heavy (non-hydrogen) atoms. The van der Waals surface area contributed by atoms with Gasteiger partial charge in [-0.05, 0) is 37.3 Å². The molecule has 2 aromatic rings. The van der Waals surface area contributed by atoms with Gasteiger partial charge in [0.1, 0.15) is 17.5 Å². The third-order valence-electron chi connectivity index (χ3n) is 2.41. The number of anilines is 1. The number of amides is 1. The predicted octanol–water partition coefficient (Wildman–Crippen LogP) is 2.98. The highest BCUT2D eigenvalue weighted by atomic mass is 35.5. The van der Waals surface area contributed by atoms with E-state index >= 15 is 0 Å². The van der Waals surface area contributed by atoms with Crippen molar-refractivity contribution in [3.05, 3.63) is 47.0 Å². The van der Waals surface area contributed by atoms with Gasteiger partial charge in [0.25, 0.3) is 0 Å². The van der Waals surface area contributed by atoms with E-state index in [0.29, 0.717) is 16.7 Å². The minimum Gasteiger partial charge on any atom is -0.486 e. The fourth-order valence-electron chi connectivity index (χ4n) is 1.64. The summed E-state index contributed by atoms with van der Waals surface area (Å²) in [5.41, 5.74) is 1.52. The van der Waals surface area contributed by atoms with Gasteiger partial charge in [-0.15, -0.1) is 0 Å². The van der Waals surface area contributed by atoms with E-state index in [0.717, 1.165) is 11.4 Å². The van der Waals surface area contributed by atoms with Crippen LogP contribution in [0.1, 0.15) is 18.4 Å². The van der Waals surface area contributed by atoms with Crippen molar-refractivity contribution in [2.75, 3.05) is 5.32 Å². The van der Waals surface area contributed by atoms with Gasteiger partial charge >= 0.3 is 0 Å². The molecule has 0 saturated carbocycles. The molecule has 0 aliphatic rings. The number of hydrogen-bond donors (Lipinski definition) is 1. The molecular formula is C14H14ClN3O2. The largest absolute Gasteiger partial charge is 0.486 e. The average molecular weight is 292 g/mol. The van der Waals surface area contributed by atoms with Crippen molar-refractivity contribution in [2.45, 2.75) is 20.5 Å². The van der Waals surface area contributed by atoms with Gasteiger partial charge in [0.2, 0.25) is 5.91 Å². The molecule has 1 N–H and O–H groups in total. The van der Waals surface area contributed by atoms with Crippen LogP contribution in [0.4, 0.5) is 5.69 Å². The number of nitrogens with one attached hydrogen (secondary N) is 1. The van der Waals surface area contributed by atoms with Crippen molar-refractivity contribution >= 4 is 23.2 Å². The summed E-state index contributed by atoms with van der Waals surface area (Å²) in [4.78, 5) is 19.2. The van der Waals surface area contributed by atoms with Crippen LogP contribution in [0.5, 0.6) is 5.75 Å². The molecule has 0 atom stereocenters. The van der Waals surface area contributed by atoms with Crippen molar-refractivity contribution in [3.8, 4) is 5.75 Å². The number of benzene rings is 1. The first-order valence-electron chi connectivity index (χ1n) is 6.03. The molecule has 1 heterocycles. The molecule has 0 radical (unpaired) electrons. The van der Waals surface area contributed by atoms with Crippen LogP contribution >= 0.6 is 11.6 Å². The quantitative estimate of drug-likeness (QED) is 0.880. The fourth-order valence-corrected chi connectivity index (χ4v) is 1.89. The first-order chi connectivity index (χ1) is 9.52. The summed E-state index contributed by atoms with van der Waals surface area (Å²) in [5, 5.41) is 3.08. The number of aryl methyl sites for hydroxylation is 1. The first-order valence-corrected chi connectivity index (χ1v) is 6.41. The standard InChI is InChI=1S/C14H14ClN3O2/c1-9-7-13(15)18-14(16-9)8-20-12-5-3-11(4-6-12)17-10(2)19/h3-7H,8H2,1-2H3,(H,17,19). The van der Waals surface area contributed by atoms with Gasteiger partial charge in [0.05, 0.1) is 0 Å². The van der Waals surface area contributed by atoms with Crippen LogP contribution in [-0.2, 0) is 11.4 Å². The van der Waals surface area contributed by atoms with Gasteiger partial charge in [-0.2, -0.15) is 0 Å². The zero-order valence-electron chi connectivity index (χ0n) is 11.2. The second-order valence-electron chi connectivity index (χ2n) is 4.24. The van der Waals surface area contributed by atoms with E-state index < -0.39 is 0 Å². The Kier molecular flexibility index (Phi) is 4.53. The number of halogens is 1. The molecule has 1 amide bonds. The maximum atomic E-state index is 10.9. The molecule has 1 aromatic carbocycles. The van der Waals surface area contributed by atoms with Crippen LogP contribution < -0.4 is 10.1 Å². The van der Waals surface area contributed by atoms with Crippen molar-refractivity contribution < 1.29 is 9.53 Å². The van der Waals surface area contributed by atoms with E-state index in [4.69, 9.17) is 16.3 Å². The second kappa shape index (κ2) is 6.34. The van der Waals surface area contributed by atoms with E-state index in [1.54, 1.807) is 30.3 Å². The summed E-state index contributed by atoms with van der Waals surface area (Å²) in [6, 6.07) is 8.75. The average Bonchev–Trinajstić information content (AvgIpc) is 2.36. The van der Waals surface area contributed by atoms with Crippen molar-refractivity contribution in [3.63, 3.8) is 0 Å². The Morgan fingerprint density at radius 2 is 2.00 bits per heavy atom. The van der Waals surface area contributed by atoms with E-state index in [2.05, 4.69) is 15.3 Å².